The van der Waals surface area contributed by atoms with Crippen LogP contribution in [0.25, 0.3) is 0 Å². The quantitative estimate of drug-likeness (QED) is 0.647. The zero-order valence-electron chi connectivity index (χ0n) is 14.0. The van der Waals surface area contributed by atoms with Gasteiger partial charge < -0.3 is 15.3 Å². The summed E-state index contributed by atoms with van der Waals surface area (Å²) in [6, 6.07) is 2.92. The summed E-state index contributed by atoms with van der Waals surface area (Å²) in [6.07, 6.45) is 1.08. The highest BCUT2D eigenvalue weighted by Crippen LogP contribution is 2.29. The van der Waals surface area contributed by atoms with E-state index in [2.05, 4.69) is 16.6 Å². The van der Waals surface area contributed by atoms with E-state index in [4.69, 9.17) is 11.6 Å². The molecule has 0 unspecified atom stereocenters. The Hall–Kier alpha value is -1.77. The van der Waals surface area contributed by atoms with E-state index in [0.29, 0.717) is 36.6 Å². The van der Waals surface area contributed by atoms with Crippen molar-refractivity contribution < 1.29 is 18.3 Å². The molecule has 0 radical (unpaired) electrons. The van der Waals surface area contributed by atoms with Gasteiger partial charge in [-0.3, -0.25) is 4.79 Å². The van der Waals surface area contributed by atoms with Crippen LogP contribution in [0.2, 0.25) is 5.02 Å². The number of piperidine rings is 1. The van der Waals surface area contributed by atoms with Crippen molar-refractivity contribution in [3.05, 3.63) is 34.7 Å². The Labute approximate surface area is 152 Å². The van der Waals surface area contributed by atoms with Crippen LogP contribution in [0.4, 0.5) is 5.69 Å². The Balaban J connectivity index is 1.85. The Bertz CT molecular complexity index is 759. The lowest BCUT2D eigenvalue weighted by molar-refractivity contribution is -0.130. The first-order valence-electron chi connectivity index (χ1n) is 7.87. The van der Waals surface area contributed by atoms with Crippen molar-refractivity contribution in [1.82, 2.24) is 9.62 Å². The highest BCUT2D eigenvalue weighted by molar-refractivity contribution is 7.92. The number of anilines is 1. The van der Waals surface area contributed by atoms with Gasteiger partial charge in [0.15, 0.2) is 0 Å². The average Bonchev–Trinajstić information content (AvgIpc) is 2.57. The van der Waals surface area contributed by atoms with Crippen molar-refractivity contribution in [3.63, 3.8) is 0 Å². The Morgan fingerprint density at radius 1 is 1.44 bits per heavy atom. The van der Waals surface area contributed by atoms with Gasteiger partial charge in [-0.2, -0.15) is 0 Å². The number of hydrogen-bond acceptors (Lipinski definition) is 5. The number of nitrogens with one attached hydrogen (secondary N) is 2. The summed E-state index contributed by atoms with van der Waals surface area (Å²) in [5.74, 6) is -0.0895. The number of halogens is 1. The number of carbonyl (C=O) groups excluding carboxylic acids is 1. The first-order valence-corrected chi connectivity index (χ1v) is 9.80. The van der Waals surface area contributed by atoms with Crippen molar-refractivity contribution in [2.24, 2.45) is 0 Å². The normalized spacial score (nSPS) is 15.8. The van der Waals surface area contributed by atoms with E-state index in [0.717, 1.165) is 11.0 Å². The monoisotopic (exact) mass is 387 g/mol. The lowest BCUT2D eigenvalue weighted by Gasteiger charge is -2.32. The molecular weight excluding hydrogens is 366 g/mol. The van der Waals surface area contributed by atoms with E-state index in [-0.39, 0.29) is 24.2 Å². The lowest BCUT2D eigenvalue weighted by Crippen LogP contribution is -2.47. The van der Waals surface area contributed by atoms with Crippen molar-refractivity contribution in [2.45, 2.75) is 25.8 Å². The summed E-state index contributed by atoms with van der Waals surface area (Å²) >= 11 is 6.02. The van der Waals surface area contributed by atoms with Crippen molar-refractivity contribution in [3.8, 4) is 5.75 Å². The molecule has 138 valence electrons. The molecular formula is C16H22ClN3O4S. The minimum absolute atomic E-state index is 0.0238. The summed E-state index contributed by atoms with van der Waals surface area (Å²) in [7, 11) is -3.46. The highest BCUT2D eigenvalue weighted by Gasteiger charge is 2.24. The number of rotatable bonds is 6. The maximum absolute atomic E-state index is 12.3. The topological polar surface area (TPSA) is 98.7 Å². The molecule has 1 heterocycles. The molecule has 1 fully saturated rings. The van der Waals surface area contributed by atoms with Crippen LogP contribution < -0.4 is 10.0 Å². The third kappa shape index (κ3) is 5.35. The second kappa shape index (κ2) is 8.07. The molecule has 1 aliphatic rings. The number of nitrogens with zero attached hydrogens (tertiary/aromatic N) is 1. The molecule has 3 N–H and O–H groups in total. The fourth-order valence-corrected chi connectivity index (χ4v) is 3.58. The van der Waals surface area contributed by atoms with Crippen LogP contribution in [0, 0.1) is 6.92 Å². The van der Waals surface area contributed by atoms with Crippen LogP contribution >= 0.6 is 11.6 Å². The number of sulfonamides is 1. The standard InChI is InChI=1S/C16H22ClN3O4S/c1-3-25(23,24)19-12-4-6-20(7-5-12)16(22)10-18-14-9-13(17)11(2)8-15(14)21/h3,8-9,12,18-19,21H,1,4-7,10H2,2H3. The maximum atomic E-state index is 12.3. The predicted octanol–water partition coefficient (Wildman–Crippen LogP) is 1.82. The van der Waals surface area contributed by atoms with E-state index in [1.54, 1.807) is 17.9 Å². The first-order chi connectivity index (χ1) is 11.7. The van der Waals surface area contributed by atoms with E-state index in [9.17, 15) is 18.3 Å². The fraction of sp³-hybridized carbons (Fsp3) is 0.438. The molecule has 9 heteroatoms. The van der Waals surface area contributed by atoms with Crippen LogP contribution in [-0.4, -0.2) is 50.0 Å². The van der Waals surface area contributed by atoms with Gasteiger partial charge in [-0.25, -0.2) is 13.1 Å². The van der Waals surface area contributed by atoms with E-state index in [1.807, 2.05) is 0 Å². The number of hydrogen-bond donors (Lipinski definition) is 3. The zero-order valence-corrected chi connectivity index (χ0v) is 15.5. The molecule has 1 aromatic carbocycles. The van der Waals surface area contributed by atoms with E-state index >= 15 is 0 Å². The van der Waals surface area contributed by atoms with Crippen LogP contribution in [0.1, 0.15) is 18.4 Å². The highest BCUT2D eigenvalue weighted by atomic mass is 35.5. The minimum atomic E-state index is -3.46. The summed E-state index contributed by atoms with van der Waals surface area (Å²) in [5, 5.41) is 14.2. The van der Waals surface area contributed by atoms with Gasteiger partial charge in [-0.1, -0.05) is 18.2 Å². The third-order valence-corrected chi connectivity index (χ3v) is 5.61. The van der Waals surface area contributed by atoms with Gasteiger partial charge in [-0.05, 0) is 37.5 Å². The summed E-state index contributed by atoms with van der Waals surface area (Å²) in [6.45, 7) is 5.99. The molecule has 0 saturated carbocycles. The Kier molecular flexibility index (Phi) is 6.31. The third-order valence-electron chi connectivity index (χ3n) is 4.11. The number of phenolic OH excluding ortho intramolecular Hbond substituents is 1. The Morgan fingerprint density at radius 3 is 2.68 bits per heavy atom. The molecule has 7 nitrogen and oxygen atoms in total. The lowest BCUT2D eigenvalue weighted by atomic mass is 10.1. The first kappa shape index (κ1) is 19.6. The largest absolute Gasteiger partial charge is 0.506 e. The SMILES string of the molecule is C=CS(=O)(=O)NC1CCN(C(=O)CNc2cc(Cl)c(C)cc2O)CC1. The molecule has 1 saturated heterocycles. The van der Waals surface area contributed by atoms with Crippen LogP contribution in [0.3, 0.4) is 0 Å². The van der Waals surface area contributed by atoms with Gasteiger partial charge >= 0.3 is 0 Å². The van der Waals surface area contributed by atoms with E-state index < -0.39 is 10.0 Å². The molecule has 1 aliphatic heterocycles. The second-order valence-corrected chi connectivity index (χ2v) is 8.02. The van der Waals surface area contributed by atoms with Gasteiger partial charge in [0.1, 0.15) is 5.75 Å². The van der Waals surface area contributed by atoms with Gasteiger partial charge in [0.2, 0.25) is 15.9 Å². The van der Waals surface area contributed by atoms with Gasteiger partial charge in [-0.15, -0.1) is 0 Å². The molecule has 0 aliphatic carbocycles. The van der Waals surface area contributed by atoms with Crippen LogP contribution in [-0.2, 0) is 14.8 Å². The zero-order chi connectivity index (χ0) is 18.6. The number of amides is 1. The summed E-state index contributed by atoms with van der Waals surface area (Å²) in [5.41, 5.74) is 1.15. The molecule has 2 rings (SSSR count). The number of aromatic hydroxyl groups is 1. The fourth-order valence-electron chi connectivity index (χ4n) is 2.62. The van der Waals surface area contributed by atoms with Crippen molar-refractivity contribution in [2.75, 3.05) is 25.0 Å². The second-order valence-electron chi connectivity index (χ2n) is 5.96. The molecule has 0 aromatic heterocycles. The molecule has 0 spiro atoms. The number of aryl methyl sites for hydroxylation is 1. The van der Waals surface area contributed by atoms with Crippen LogP contribution in [0.15, 0.2) is 24.1 Å². The van der Waals surface area contributed by atoms with Gasteiger partial charge in [0.05, 0.1) is 12.2 Å². The average molecular weight is 388 g/mol. The van der Waals surface area contributed by atoms with Gasteiger partial charge in [0, 0.05) is 29.6 Å². The van der Waals surface area contributed by atoms with Gasteiger partial charge in [0.25, 0.3) is 0 Å². The molecule has 0 bridgehead atoms. The Morgan fingerprint density at radius 2 is 2.08 bits per heavy atom. The molecule has 1 aromatic rings. The minimum Gasteiger partial charge on any atom is -0.506 e. The summed E-state index contributed by atoms with van der Waals surface area (Å²) < 4.78 is 25.5. The number of likely N-dealkylation sites (tertiary alicyclic amines) is 1. The number of carbonyl (C=O) groups is 1. The number of benzene rings is 1. The molecule has 1 amide bonds. The van der Waals surface area contributed by atoms with Crippen molar-refractivity contribution >= 4 is 33.2 Å². The number of phenols is 1. The smallest absolute Gasteiger partial charge is 0.241 e. The molecule has 25 heavy (non-hydrogen) atoms. The van der Waals surface area contributed by atoms with Crippen molar-refractivity contribution in [1.29, 1.82) is 0 Å². The maximum Gasteiger partial charge on any atom is 0.241 e. The summed E-state index contributed by atoms with van der Waals surface area (Å²) in [4.78, 5) is 13.9. The van der Waals surface area contributed by atoms with E-state index in [1.165, 1.54) is 6.07 Å². The van der Waals surface area contributed by atoms with Crippen LogP contribution in [0.5, 0.6) is 5.75 Å². The predicted molar refractivity (Wildman–Crippen MR) is 98.2 cm³/mol. The molecule has 0 atom stereocenters.